The minimum absolute atomic E-state index is 0.430. The van der Waals surface area contributed by atoms with Gasteiger partial charge in [0.2, 0.25) is 5.91 Å². The van der Waals surface area contributed by atoms with Crippen LogP contribution in [-0.4, -0.2) is 36.5 Å². The molecule has 4 fully saturated rings. The summed E-state index contributed by atoms with van der Waals surface area (Å²) in [7, 11) is 0. The van der Waals surface area contributed by atoms with Crippen LogP contribution < -0.4 is 5.32 Å². The fourth-order valence-corrected chi connectivity index (χ4v) is 4.70. The molecule has 0 aromatic rings. The van der Waals surface area contributed by atoms with Gasteiger partial charge < -0.3 is 10.2 Å². The topological polar surface area (TPSA) is 32.3 Å². The summed E-state index contributed by atoms with van der Waals surface area (Å²) in [5.74, 6) is 3.26. The number of hydrogen-bond donors (Lipinski definition) is 1. The quantitative estimate of drug-likeness (QED) is 0.855. The van der Waals surface area contributed by atoms with Crippen LogP contribution in [0.4, 0.5) is 0 Å². The Morgan fingerprint density at radius 2 is 1.60 bits per heavy atom. The zero-order valence-electron chi connectivity index (χ0n) is 12.5. The number of hydrogen-bond acceptors (Lipinski definition) is 2. The van der Waals surface area contributed by atoms with Crippen molar-refractivity contribution < 1.29 is 4.79 Å². The van der Waals surface area contributed by atoms with Crippen LogP contribution in [0.3, 0.4) is 0 Å². The van der Waals surface area contributed by atoms with E-state index in [1.807, 2.05) is 0 Å². The minimum atomic E-state index is 0.430. The minimum Gasteiger partial charge on any atom is -0.339 e. The summed E-state index contributed by atoms with van der Waals surface area (Å²) in [5, 5.41) is 3.43. The van der Waals surface area contributed by atoms with Crippen molar-refractivity contribution in [2.75, 3.05) is 19.6 Å². The predicted molar refractivity (Wildman–Crippen MR) is 79.3 cm³/mol. The maximum absolute atomic E-state index is 12.9. The van der Waals surface area contributed by atoms with Gasteiger partial charge in [-0.2, -0.15) is 0 Å². The molecule has 0 aromatic carbocycles. The molecule has 1 amide bonds. The van der Waals surface area contributed by atoms with Crippen LogP contribution in [0.15, 0.2) is 0 Å². The Labute approximate surface area is 122 Å². The first kappa shape index (κ1) is 13.1. The van der Waals surface area contributed by atoms with Crippen LogP contribution in [0.5, 0.6) is 0 Å². The van der Waals surface area contributed by atoms with E-state index in [0.29, 0.717) is 17.9 Å². The smallest absolute Gasteiger partial charge is 0.226 e. The van der Waals surface area contributed by atoms with E-state index >= 15 is 0 Å². The number of amides is 1. The number of carbonyl (C=O) groups excluding carboxylic acids is 1. The van der Waals surface area contributed by atoms with Crippen LogP contribution in [0, 0.1) is 23.7 Å². The SMILES string of the molecule is O=C(C1C2CCCCC21)N(CC1CCNCC1)C1CC1. The Kier molecular flexibility index (Phi) is 3.49. The molecule has 3 saturated carbocycles. The summed E-state index contributed by atoms with van der Waals surface area (Å²) >= 11 is 0. The van der Waals surface area contributed by atoms with Gasteiger partial charge in [-0.15, -0.1) is 0 Å². The Balaban J connectivity index is 1.39. The van der Waals surface area contributed by atoms with Gasteiger partial charge in [-0.25, -0.2) is 0 Å². The van der Waals surface area contributed by atoms with Crippen LogP contribution in [-0.2, 0) is 4.79 Å². The molecule has 4 aliphatic rings. The molecule has 2 atom stereocenters. The lowest BCUT2D eigenvalue weighted by molar-refractivity contribution is -0.134. The molecule has 20 heavy (non-hydrogen) atoms. The van der Waals surface area contributed by atoms with Crippen LogP contribution in [0.2, 0.25) is 0 Å². The first-order valence-electron chi connectivity index (χ1n) is 8.86. The number of fused-ring (bicyclic) bond motifs is 1. The second-order valence-electron chi connectivity index (χ2n) is 7.55. The normalized spacial score (nSPS) is 37.3. The van der Waals surface area contributed by atoms with E-state index in [1.165, 1.54) is 51.4 Å². The number of piperidine rings is 1. The van der Waals surface area contributed by atoms with Crippen molar-refractivity contribution in [2.24, 2.45) is 23.7 Å². The lowest BCUT2D eigenvalue weighted by Crippen LogP contribution is -2.41. The van der Waals surface area contributed by atoms with E-state index in [2.05, 4.69) is 10.2 Å². The van der Waals surface area contributed by atoms with Crippen molar-refractivity contribution in [3.63, 3.8) is 0 Å². The Morgan fingerprint density at radius 3 is 2.20 bits per heavy atom. The highest BCUT2D eigenvalue weighted by Gasteiger charge is 2.56. The number of nitrogens with zero attached hydrogens (tertiary/aromatic N) is 1. The molecule has 0 aromatic heterocycles. The summed E-state index contributed by atoms with van der Waals surface area (Å²) < 4.78 is 0. The lowest BCUT2D eigenvalue weighted by atomic mass is 9.97. The van der Waals surface area contributed by atoms with Crippen molar-refractivity contribution in [2.45, 2.75) is 57.4 Å². The summed E-state index contributed by atoms with van der Waals surface area (Å²) in [5.41, 5.74) is 0. The van der Waals surface area contributed by atoms with Crippen molar-refractivity contribution in [3.05, 3.63) is 0 Å². The molecule has 2 unspecified atom stereocenters. The number of carbonyl (C=O) groups is 1. The highest BCUT2D eigenvalue weighted by atomic mass is 16.2. The number of rotatable bonds is 4. The molecule has 112 valence electrons. The molecular formula is C17H28N2O. The summed E-state index contributed by atoms with van der Waals surface area (Å²) in [6.07, 6.45) is 10.4. The highest BCUT2D eigenvalue weighted by molar-refractivity contribution is 5.83. The van der Waals surface area contributed by atoms with Crippen molar-refractivity contribution in [3.8, 4) is 0 Å². The average molecular weight is 276 g/mol. The fourth-order valence-electron chi connectivity index (χ4n) is 4.70. The van der Waals surface area contributed by atoms with Gasteiger partial charge in [0.15, 0.2) is 0 Å². The second-order valence-corrected chi connectivity index (χ2v) is 7.55. The lowest BCUT2D eigenvalue weighted by Gasteiger charge is -2.30. The van der Waals surface area contributed by atoms with Gasteiger partial charge in [-0.05, 0) is 69.4 Å². The van der Waals surface area contributed by atoms with Crippen LogP contribution >= 0.6 is 0 Å². The highest BCUT2D eigenvalue weighted by Crippen LogP contribution is 2.56. The van der Waals surface area contributed by atoms with Gasteiger partial charge in [0.1, 0.15) is 0 Å². The van der Waals surface area contributed by atoms with E-state index in [4.69, 9.17) is 0 Å². The molecule has 1 heterocycles. The summed E-state index contributed by atoms with van der Waals surface area (Å²) in [4.78, 5) is 15.3. The summed E-state index contributed by atoms with van der Waals surface area (Å²) in [6.45, 7) is 3.35. The molecule has 3 nitrogen and oxygen atoms in total. The van der Waals surface area contributed by atoms with Gasteiger partial charge in [0.25, 0.3) is 0 Å². The molecule has 4 rings (SSSR count). The van der Waals surface area contributed by atoms with Gasteiger partial charge in [-0.3, -0.25) is 4.79 Å². The van der Waals surface area contributed by atoms with Crippen molar-refractivity contribution in [1.29, 1.82) is 0 Å². The standard InChI is InChI=1S/C17H28N2O/c20-17(16-14-3-1-2-4-15(14)16)19(13-5-6-13)11-12-7-9-18-10-8-12/h12-16,18H,1-11H2. The largest absolute Gasteiger partial charge is 0.339 e. The fraction of sp³-hybridized carbons (Fsp3) is 0.941. The molecule has 0 bridgehead atoms. The van der Waals surface area contributed by atoms with Gasteiger partial charge in [-0.1, -0.05) is 12.8 Å². The third kappa shape index (κ3) is 2.49. The van der Waals surface area contributed by atoms with E-state index < -0.39 is 0 Å². The van der Waals surface area contributed by atoms with Crippen LogP contribution in [0.25, 0.3) is 0 Å². The maximum atomic E-state index is 12.9. The monoisotopic (exact) mass is 276 g/mol. The average Bonchev–Trinajstić information content (AvgIpc) is 3.38. The van der Waals surface area contributed by atoms with Crippen molar-refractivity contribution >= 4 is 5.91 Å². The van der Waals surface area contributed by atoms with Gasteiger partial charge >= 0.3 is 0 Å². The van der Waals surface area contributed by atoms with Crippen LogP contribution in [0.1, 0.15) is 51.4 Å². The van der Waals surface area contributed by atoms with Gasteiger partial charge in [0.05, 0.1) is 0 Å². The van der Waals surface area contributed by atoms with E-state index in [1.54, 1.807) is 0 Å². The third-order valence-corrected chi connectivity index (χ3v) is 6.13. The number of nitrogens with one attached hydrogen (secondary N) is 1. The molecule has 0 spiro atoms. The molecule has 3 heteroatoms. The Bertz CT molecular complexity index is 361. The third-order valence-electron chi connectivity index (χ3n) is 6.13. The Hall–Kier alpha value is -0.570. The molecule has 1 N–H and O–H groups in total. The molecule has 1 aliphatic heterocycles. The molecule has 0 radical (unpaired) electrons. The molecular weight excluding hydrogens is 248 g/mol. The molecule has 3 aliphatic carbocycles. The summed E-state index contributed by atoms with van der Waals surface area (Å²) in [6, 6.07) is 0.611. The van der Waals surface area contributed by atoms with E-state index in [0.717, 1.165) is 37.4 Å². The maximum Gasteiger partial charge on any atom is 0.226 e. The van der Waals surface area contributed by atoms with Crippen molar-refractivity contribution in [1.82, 2.24) is 10.2 Å². The van der Waals surface area contributed by atoms with E-state index in [9.17, 15) is 4.79 Å². The predicted octanol–water partition coefficient (Wildman–Crippen LogP) is 2.41. The Morgan fingerprint density at radius 1 is 0.950 bits per heavy atom. The first-order chi connectivity index (χ1) is 9.84. The zero-order valence-corrected chi connectivity index (χ0v) is 12.5. The first-order valence-corrected chi connectivity index (χ1v) is 8.86. The second kappa shape index (κ2) is 5.32. The molecule has 1 saturated heterocycles. The van der Waals surface area contributed by atoms with Gasteiger partial charge in [0, 0.05) is 18.5 Å². The zero-order chi connectivity index (χ0) is 13.5. The van der Waals surface area contributed by atoms with E-state index in [-0.39, 0.29) is 0 Å².